The van der Waals surface area contributed by atoms with Gasteiger partial charge in [0.15, 0.2) is 0 Å². The van der Waals surface area contributed by atoms with Crippen molar-refractivity contribution < 1.29 is 4.74 Å². The number of nitrogen functional groups attached to an aromatic ring is 1. The second kappa shape index (κ2) is 5.12. The molecule has 1 aromatic rings. The lowest BCUT2D eigenvalue weighted by molar-refractivity contribution is 0.134. The van der Waals surface area contributed by atoms with Crippen LogP contribution in [0, 0.1) is 12.8 Å². The Kier molecular flexibility index (Phi) is 3.56. The minimum absolute atomic E-state index is 0.524. The Morgan fingerprint density at radius 1 is 1.50 bits per heavy atom. The third-order valence-electron chi connectivity index (χ3n) is 2.71. The van der Waals surface area contributed by atoms with Crippen LogP contribution in [0.15, 0.2) is 6.33 Å². The third kappa shape index (κ3) is 3.06. The Morgan fingerprint density at radius 3 is 3.06 bits per heavy atom. The first-order valence-electron chi connectivity index (χ1n) is 5.66. The molecule has 0 unspecified atom stereocenters. The van der Waals surface area contributed by atoms with E-state index in [4.69, 9.17) is 10.5 Å². The number of ether oxygens (including phenoxy) is 1. The molecule has 88 valence electrons. The van der Waals surface area contributed by atoms with Gasteiger partial charge in [-0.05, 0) is 25.7 Å². The largest absolute Gasteiger partial charge is 0.383 e. The third-order valence-corrected chi connectivity index (χ3v) is 2.71. The molecule has 0 saturated heterocycles. The van der Waals surface area contributed by atoms with Crippen molar-refractivity contribution in [3.05, 3.63) is 11.9 Å². The molecule has 2 rings (SSSR count). The van der Waals surface area contributed by atoms with Gasteiger partial charge in [0.05, 0.1) is 6.61 Å². The van der Waals surface area contributed by atoms with E-state index in [1.54, 1.807) is 0 Å². The zero-order valence-corrected chi connectivity index (χ0v) is 9.57. The van der Waals surface area contributed by atoms with Crippen molar-refractivity contribution >= 4 is 11.6 Å². The van der Waals surface area contributed by atoms with Gasteiger partial charge < -0.3 is 15.8 Å². The van der Waals surface area contributed by atoms with Gasteiger partial charge in [0.25, 0.3) is 0 Å². The van der Waals surface area contributed by atoms with Crippen molar-refractivity contribution in [3.63, 3.8) is 0 Å². The Balaban J connectivity index is 1.69. The Hall–Kier alpha value is -1.36. The number of nitrogens with one attached hydrogen (secondary N) is 1. The quantitative estimate of drug-likeness (QED) is 0.708. The van der Waals surface area contributed by atoms with Crippen LogP contribution >= 0.6 is 0 Å². The average molecular weight is 222 g/mol. The van der Waals surface area contributed by atoms with E-state index in [9.17, 15) is 0 Å². The molecule has 1 aromatic heterocycles. The molecule has 16 heavy (non-hydrogen) atoms. The van der Waals surface area contributed by atoms with Crippen LogP contribution in [0.1, 0.15) is 18.4 Å². The summed E-state index contributed by atoms with van der Waals surface area (Å²) in [5.74, 6) is 2.13. The van der Waals surface area contributed by atoms with E-state index >= 15 is 0 Å². The normalized spacial score (nSPS) is 15.1. The summed E-state index contributed by atoms with van der Waals surface area (Å²) in [7, 11) is 0. The topological polar surface area (TPSA) is 73.1 Å². The van der Waals surface area contributed by atoms with Gasteiger partial charge in [0.2, 0.25) is 0 Å². The standard InChI is InChI=1S/C11H18N4O/c1-8-10(12)14-7-15-11(8)13-4-5-16-6-9-2-3-9/h7,9H,2-6H2,1H3,(H3,12,13,14,15). The van der Waals surface area contributed by atoms with E-state index in [0.717, 1.165) is 30.5 Å². The van der Waals surface area contributed by atoms with Crippen LogP contribution in [0.5, 0.6) is 0 Å². The highest BCUT2D eigenvalue weighted by atomic mass is 16.5. The number of rotatable bonds is 6. The predicted octanol–water partition coefficient (Wildman–Crippen LogP) is 1.21. The number of hydrogen-bond acceptors (Lipinski definition) is 5. The second-order valence-electron chi connectivity index (χ2n) is 4.18. The fourth-order valence-electron chi connectivity index (χ4n) is 1.42. The lowest BCUT2D eigenvalue weighted by Gasteiger charge is -2.09. The molecule has 0 spiro atoms. The first kappa shape index (κ1) is 11.1. The van der Waals surface area contributed by atoms with Crippen molar-refractivity contribution in [1.29, 1.82) is 0 Å². The van der Waals surface area contributed by atoms with Crippen molar-refractivity contribution in [2.24, 2.45) is 5.92 Å². The molecule has 5 heteroatoms. The molecule has 5 nitrogen and oxygen atoms in total. The van der Waals surface area contributed by atoms with Crippen LogP contribution in [0.4, 0.5) is 11.6 Å². The molecular formula is C11H18N4O. The van der Waals surface area contributed by atoms with Crippen molar-refractivity contribution in [3.8, 4) is 0 Å². The average Bonchev–Trinajstić information content (AvgIpc) is 3.07. The molecule has 0 aliphatic heterocycles. The summed E-state index contributed by atoms with van der Waals surface area (Å²) in [6, 6.07) is 0. The maximum atomic E-state index is 5.68. The summed E-state index contributed by atoms with van der Waals surface area (Å²) in [4.78, 5) is 8.04. The second-order valence-corrected chi connectivity index (χ2v) is 4.18. The summed E-state index contributed by atoms with van der Waals surface area (Å²) in [6.07, 6.45) is 4.12. The highest BCUT2D eigenvalue weighted by Crippen LogP contribution is 2.28. The first-order chi connectivity index (χ1) is 7.77. The Labute approximate surface area is 95.4 Å². The molecular weight excluding hydrogens is 204 g/mol. The number of anilines is 2. The fourth-order valence-corrected chi connectivity index (χ4v) is 1.42. The van der Waals surface area contributed by atoms with Crippen LogP contribution in [0.2, 0.25) is 0 Å². The van der Waals surface area contributed by atoms with E-state index in [1.165, 1.54) is 19.2 Å². The number of hydrogen-bond donors (Lipinski definition) is 2. The summed E-state index contributed by atoms with van der Waals surface area (Å²) >= 11 is 0. The molecule has 0 radical (unpaired) electrons. The SMILES string of the molecule is Cc1c(N)ncnc1NCCOCC1CC1. The highest BCUT2D eigenvalue weighted by Gasteiger charge is 2.20. The van der Waals surface area contributed by atoms with E-state index in [0.29, 0.717) is 12.4 Å². The molecule has 0 aromatic carbocycles. The van der Waals surface area contributed by atoms with Crippen LogP contribution in [0.3, 0.4) is 0 Å². The molecule has 0 bridgehead atoms. The van der Waals surface area contributed by atoms with Crippen LogP contribution < -0.4 is 11.1 Å². The van der Waals surface area contributed by atoms with E-state index in [2.05, 4.69) is 15.3 Å². The van der Waals surface area contributed by atoms with Gasteiger partial charge in [-0.25, -0.2) is 9.97 Å². The fraction of sp³-hybridized carbons (Fsp3) is 0.636. The maximum absolute atomic E-state index is 5.68. The predicted molar refractivity (Wildman–Crippen MR) is 63.2 cm³/mol. The minimum Gasteiger partial charge on any atom is -0.383 e. The lowest BCUT2D eigenvalue weighted by atomic mass is 10.3. The molecule has 0 atom stereocenters. The van der Waals surface area contributed by atoms with Crippen LogP contribution in [-0.2, 0) is 4.74 Å². The molecule has 1 aliphatic rings. The van der Waals surface area contributed by atoms with E-state index < -0.39 is 0 Å². The van der Waals surface area contributed by atoms with Gasteiger partial charge in [0, 0.05) is 18.7 Å². The molecule has 0 amide bonds. The summed E-state index contributed by atoms with van der Waals surface area (Å²) in [5, 5.41) is 3.19. The van der Waals surface area contributed by atoms with Gasteiger partial charge in [-0.15, -0.1) is 0 Å². The molecule has 1 aliphatic carbocycles. The molecule has 1 fully saturated rings. The summed E-state index contributed by atoms with van der Waals surface area (Å²) in [6.45, 7) is 4.26. The van der Waals surface area contributed by atoms with Crippen LogP contribution in [0.25, 0.3) is 0 Å². The van der Waals surface area contributed by atoms with Gasteiger partial charge in [-0.1, -0.05) is 0 Å². The van der Waals surface area contributed by atoms with E-state index in [1.807, 2.05) is 6.92 Å². The van der Waals surface area contributed by atoms with Crippen molar-refractivity contribution in [2.45, 2.75) is 19.8 Å². The first-order valence-corrected chi connectivity index (χ1v) is 5.66. The smallest absolute Gasteiger partial charge is 0.134 e. The molecule has 1 saturated carbocycles. The van der Waals surface area contributed by atoms with Gasteiger partial charge >= 0.3 is 0 Å². The van der Waals surface area contributed by atoms with Gasteiger partial charge in [-0.2, -0.15) is 0 Å². The maximum Gasteiger partial charge on any atom is 0.134 e. The van der Waals surface area contributed by atoms with Crippen molar-refractivity contribution in [1.82, 2.24) is 9.97 Å². The Morgan fingerprint density at radius 2 is 2.31 bits per heavy atom. The Bertz CT molecular complexity index is 352. The monoisotopic (exact) mass is 222 g/mol. The number of nitrogens with zero attached hydrogens (tertiary/aromatic N) is 2. The summed E-state index contributed by atoms with van der Waals surface area (Å²) in [5.41, 5.74) is 6.57. The van der Waals surface area contributed by atoms with E-state index in [-0.39, 0.29) is 0 Å². The molecule has 1 heterocycles. The molecule has 3 N–H and O–H groups in total. The zero-order valence-electron chi connectivity index (χ0n) is 9.57. The lowest BCUT2D eigenvalue weighted by Crippen LogP contribution is -2.13. The van der Waals surface area contributed by atoms with Gasteiger partial charge in [0.1, 0.15) is 18.0 Å². The van der Waals surface area contributed by atoms with Gasteiger partial charge in [-0.3, -0.25) is 0 Å². The van der Waals surface area contributed by atoms with Crippen molar-refractivity contribution in [2.75, 3.05) is 30.8 Å². The summed E-state index contributed by atoms with van der Waals surface area (Å²) < 4.78 is 5.51. The van der Waals surface area contributed by atoms with Crippen LogP contribution in [-0.4, -0.2) is 29.7 Å². The minimum atomic E-state index is 0.524. The zero-order chi connectivity index (χ0) is 11.4. The highest BCUT2D eigenvalue weighted by molar-refractivity contribution is 5.53. The number of aromatic nitrogens is 2. The number of nitrogens with two attached hydrogens (primary N) is 1.